The zero-order valence-electron chi connectivity index (χ0n) is 10.3. The third-order valence-electron chi connectivity index (χ3n) is 3.36. The average Bonchev–Trinajstić information content (AvgIpc) is 3.10. The predicted octanol–water partition coefficient (Wildman–Crippen LogP) is 2.63. The number of carbonyl (C=O) groups excluding carboxylic acids is 1. The summed E-state index contributed by atoms with van der Waals surface area (Å²) in [5, 5.41) is 2.90. The van der Waals surface area contributed by atoms with Crippen molar-refractivity contribution in [3.63, 3.8) is 0 Å². The van der Waals surface area contributed by atoms with Crippen LogP contribution in [-0.2, 0) is 10.2 Å². The highest BCUT2D eigenvalue weighted by Gasteiger charge is 2.33. The number of rotatable bonds is 4. The Morgan fingerprint density at radius 3 is 2.65 bits per heavy atom. The van der Waals surface area contributed by atoms with Crippen LogP contribution in [0.25, 0.3) is 0 Å². The average molecular weight is 235 g/mol. The van der Waals surface area contributed by atoms with Gasteiger partial charge in [-0.25, -0.2) is 4.39 Å². The minimum Gasteiger partial charge on any atom is -0.355 e. The molecule has 0 heterocycles. The first kappa shape index (κ1) is 12.1. The Morgan fingerprint density at radius 1 is 1.41 bits per heavy atom. The van der Waals surface area contributed by atoms with Crippen molar-refractivity contribution in [3.8, 4) is 0 Å². The van der Waals surface area contributed by atoms with Gasteiger partial charge in [0.25, 0.3) is 0 Å². The number of hydrogen-bond donors (Lipinski definition) is 1. The van der Waals surface area contributed by atoms with E-state index in [0.717, 1.165) is 6.54 Å². The second-order valence-corrected chi connectivity index (χ2v) is 5.26. The van der Waals surface area contributed by atoms with E-state index in [9.17, 15) is 9.18 Å². The van der Waals surface area contributed by atoms with Crippen LogP contribution < -0.4 is 5.32 Å². The number of carbonyl (C=O) groups is 1. The molecule has 1 saturated carbocycles. The van der Waals surface area contributed by atoms with Crippen molar-refractivity contribution in [2.24, 2.45) is 5.92 Å². The van der Waals surface area contributed by atoms with Gasteiger partial charge in [0.2, 0.25) is 5.91 Å². The van der Waals surface area contributed by atoms with Crippen LogP contribution in [0.1, 0.15) is 32.3 Å². The summed E-state index contributed by atoms with van der Waals surface area (Å²) in [5.74, 6) is 0.212. The zero-order valence-corrected chi connectivity index (χ0v) is 10.3. The number of benzene rings is 1. The normalized spacial score (nSPS) is 15.7. The van der Waals surface area contributed by atoms with E-state index in [4.69, 9.17) is 0 Å². The molecule has 1 aliphatic rings. The first-order valence-corrected chi connectivity index (χ1v) is 6.05. The Bertz CT molecular complexity index is 424. The molecular weight excluding hydrogens is 217 g/mol. The predicted molar refractivity (Wildman–Crippen MR) is 65.2 cm³/mol. The molecule has 0 unspecified atom stereocenters. The van der Waals surface area contributed by atoms with Crippen LogP contribution >= 0.6 is 0 Å². The highest BCUT2D eigenvalue weighted by atomic mass is 19.1. The summed E-state index contributed by atoms with van der Waals surface area (Å²) >= 11 is 0. The van der Waals surface area contributed by atoms with Gasteiger partial charge in [-0.1, -0.05) is 18.2 Å². The van der Waals surface area contributed by atoms with E-state index in [-0.39, 0.29) is 11.7 Å². The van der Waals surface area contributed by atoms with Crippen LogP contribution in [0.4, 0.5) is 4.39 Å². The summed E-state index contributed by atoms with van der Waals surface area (Å²) in [4.78, 5) is 12.1. The molecule has 1 fully saturated rings. The minimum atomic E-state index is -0.819. The molecule has 0 atom stereocenters. The van der Waals surface area contributed by atoms with Gasteiger partial charge >= 0.3 is 0 Å². The first-order valence-electron chi connectivity index (χ1n) is 6.05. The van der Waals surface area contributed by atoms with Crippen molar-refractivity contribution in [2.75, 3.05) is 6.54 Å². The minimum absolute atomic E-state index is 0.102. The molecule has 17 heavy (non-hydrogen) atoms. The molecule has 1 aromatic carbocycles. The maximum Gasteiger partial charge on any atom is 0.230 e. The molecule has 0 spiro atoms. The number of nitrogens with one attached hydrogen (secondary N) is 1. The highest BCUT2D eigenvalue weighted by Crippen LogP contribution is 2.29. The lowest BCUT2D eigenvalue weighted by Gasteiger charge is -2.24. The van der Waals surface area contributed by atoms with Gasteiger partial charge in [-0.15, -0.1) is 0 Å². The Balaban J connectivity index is 2.10. The largest absolute Gasteiger partial charge is 0.355 e. The van der Waals surface area contributed by atoms with E-state index >= 15 is 0 Å². The number of hydrogen-bond acceptors (Lipinski definition) is 1. The molecule has 2 nitrogen and oxygen atoms in total. The van der Waals surface area contributed by atoms with Gasteiger partial charge in [0, 0.05) is 12.1 Å². The van der Waals surface area contributed by atoms with Crippen LogP contribution in [0.3, 0.4) is 0 Å². The molecule has 2 rings (SSSR count). The number of amides is 1. The molecule has 1 N–H and O–H groups in total. The van der Waals surface area contributed by atoms with Crippen molar-refractivity contribution >= 4 is 5.91 Å². The van der Waals surface area contributed by atoms with Crippen molar-refractivity contribution in [2.45, 2.75) is 32.1 Å². The second-order valence-electron chi connectivity index (χ2n) is 5.26. The van der Waals surface area contributed by atoms with Gasteiger partial charge in [0.15, 0.2) is 0 Å². The Kier molecular flexibility index (Phi) is 3.18. The molecule has 0 aliphatic heterocycles. The topological polar surface area (TPSA) is 29.1 Å². The molecule has 1 aromatic rings. The molecule has 3 heteroatoms. The van der Waals surface area contributed by atoms with Crippen molar-refractivity contribution in [3.05, 3.63) is 35.6 Å². The molecule has 0 radical (unpaired) electrons. The summed E-state index contributed by atoms with van der Waals surface area (Å²) in [6.45, 7) is 4.23. The van der Waals surface area contributed by atoms with E-state index in [0.29, 0.717) is 11.5 Å². The van der Waals surface area contributed by atoms with E-state index in [1.165, 1.54) is 18.9 Å². The zero-order chi connectivity index (χ0) is 12.5. The lowest BCUT2D eigenvalue weighted by Crippen LogP contribution is -2.41. The standard InChI is InChI=1S/C14H18FNO/c1-14(2,11-5-3-4-6-12(11)15)13(17)16-9-10-7-8-10/h3-6,10H,7-9H2,1-2H3,(H,16,17). The van der Waals surface area contributed by atoms with Crippen molar-refractivity contribution in [1.29, 1.82) is 0 Å². The fraction of sp³-hybridized carbons (Fsp3) is 0.500. The van der Waals surface area contributed by atoms with Crippen LogP contribution in [0, 0.1) is 11.7 Å². The third-order valence-corrected chi connectivity index (χ3v) is 3.36. The second kappa shape index (κ2) is 4.47. The van der Waals surface area contributed by atoms with Gasteiger partial charge in [-0.2, -0.15) is 0 Å². The van der Waals surface area contributed by atoms with E-state index in [1.807, 2.05) is 0 Å². The summed E-state index contributed by atoms with van der Waals surface area (Å²) in [7, 11) is 0. The quantitative estimate of drug-likeness (QED) is 0.854. The molecule has 1 amide bonds. The molecule has 0 aromatic heterocycles. The molecule has 92 valence electrons. The summed E-state index contributed by atoms with van der Waals surface area (Å²) < 4.78 is 13.7. The van der Waals surface area contributed by atoms with Gasteiger partial charge in [-0.3, -0.25) is 4.79 Å². The fourth-order valence-corrected chi connectivity index (χ4v) is 1.87. The maximum absolute atomic E-state index is 13.7. The summed E-state index contributed by atoms with van der Waals surface area (Å²) in [5.41, 5.74) is -0.367. The first-order chi connectivity index (χ1) is 8.01. The SMILES string of the molecule is CC(C)(C(=O)NCC1CC1)c1ccccc1F. The van der Waals surface area contributed by atoms with Crippen LogP contribution in [0.2, 0.25) is 0 Å². The van der Waals surface area contributed by atoms with E-state index < -0.39 is 5.41 Å². The summed E-state index contributed by atoms with van der Waals surface area (Å²) in [6, 6.07) is 6.46. The Hall–Kier alpha value is -1.38. The summed E-state index contributed by atoms with van der Waals surface area (Å²) in [6.07, 6.45) is 2.39. The van der Waals surface area contributed by atoms with Crippen molar-refractivity contribution < 1.29 is 9.18 Å². The third kappa shape index (κ3) is 2.65. The maximum atomic E-state index is 13.7. The van der Waals surface area contributed by atoms with Gasteiger partial charge in [0.1, 0.15) is 5.82 Å². The van der Waals surface area contributed by atoms with Crippen molar-refractivity contribution in [1.82, 2.24) is 5.32 Å². The van der Waals surface area contributed by atoms with E-state index in [2.05, 4.69) is 5.32 Å². The number of halogens is 1. The van der Waals surface area contributed by atoms with E-state index in [1.54, 1.807) is 32.0 Å². The highest BCUT2D eigenvalue weighted by molar-refractivity contribution is 5.87. The van der Waals surface area contributed by atoms with Crippen LogP contribution in [0.5, 0.6) is 0 Å². The Morgan fingerprint density at radius 2 is 2.06 bits per heavy atom. The van der Waals surface area contributed by atoms with Crippen LogP contribution in [0.15, 0.2) is 24.3 Å². The smallest absolute Gasteiger partial charge is 0.230 e. The Labute approximate surface area is 101 Å². The van der Waals surface area contributed by atoms with Crippen LogP contribution in [-0.4, -0.2) is 12.5 Å². The fourth-order valence-electron chi connectivity index (χ4n) is 1.87. The lowest BCUT2D eigenvalue weighted by molar-refractivity contribution is -0.125. The molecule has 0 saturated heterocycles. The van der Waals surface area contributed by atoms with Gasteiger partial charge < -0.3 is 5.32 Å². The molecular formula is C14H18FNO. The monoisotopic (exact) mass is 235 g/mol. The lowest BCUT2D eigenvalue weighted by atomic mass is 9.83. The van der Waals surface area contributed by atoms with Gasteiger partial charge in [-0.05, 0) is 38.7 Å². The molecule has 1 aliphatic carbocycles. The van der Waals surface area contributed by atoms with Gasteiger partial charge in [0.05, 0.1) is 5.41 Å². The molecule has 0 bridgehead atoms.